The summed E-state index contributed by atoms with van der Waals surface area (Å²) in [5.41, 5.74) is -4.21. The number of carbonyl (C=O) groups excluding carboxylic acids is 2. The maximum absolute atomic E-state index is 13.2. The van der Waals surface area contributed by atoms with Crippen molar-refractivity contribution in [2.75, 3.05) is 4.90 Å². The van der Waals surface area contributed by atoms with Crippen LogP contribution in [0.3, 0.4) is 0 Å². The zero-order chi connectivity index (χ0) is 27.9. The first kappa shape index (κ1) is 27.4. The fraction of sp³-hybridized carbons (Fsp3) is 0.375. The van der Waals surface area contributed by atoms with Crippen molar-refractivity contribution in [3.8, 4) is 5.69 Å². The third-order valence-electron chi connectivity index (χ3n) is 4.56. The summed E-state index contributed by atoms with van der Waals surface area (Å²) in [6, 6.07) is 6.01. The smallest absolute Gasteiger partial charge is 0.435 e. The SMILES string of the molecule is CC(C)(C)OC(=O)N(C(=O)OC(C)(C)C)c1nccc2ccc(-n3nc(C(F)(F)F)cc3C(=O)O)cc12. The van der Waals surface area contributed by atoms with Crippen LogP contribution < -0.4 is 4.90 Å². The fourth-order valence-electron chi connectivity index (χ4n) is 3.18. The number of hydrogen-bond acceptors (Lipinski definition) is 7. The quantitative estimate of drug-likeness (QED) is 0.457. The number of carboxylic acid groups (broad SMARTS) is 1. The molecule has 0 spiro atoms. The number of aromatic nitrogens is 3. The van der Waals surface area contributed by atoms with Gasteiger partial charge in [0.15, 0.2) is 17.2 Å². The molecule has 0 radical (unpaired) electrons. The molecule has 0 aliphatic carbocycles. The van der Waals surface area contributed by atoms with E-state index in [1.807, 2.05) is 0 Å². The summed E-state index contributed by atoms with van der Waals surface area (Å²) in [6.07, 6.45) is -5.77. The van der Waals surface area contributed by atoms with Gasteiger partial charge in [-0.05, 0) is 65.1 Å². The first-order chi connectivity index (χ1) is 16.9. The summed E-state index contributed by atoms with van der Waals surface area (Å²) < 4.78 is 51.1. The Morgan fingerprint density at radius 1 is 0.919 bits per heavy atom. The van der Waals surface area contributed by atoms with Crippen LogP contribution in [0.5, 0.6) is 0 Å². The van der Waals surface area contributed by atoms with Crippen LogP contribution >= 0.6 is 0 Å². The van der Waals surface area contributed by atoms with E-state index in [9.17, 15) is 32.7 Å². The van der Waals surface area contributed by atoms with Crippen LogP contribution in [0, 0.1) is 0 Å². The van der Waals surface area contributed by atoms with Gasteiger partial charge in [0.2, 0.25) is 0 Å². The summed E-state index contributed by atoms with van der Waals surface area (Å²) in [7, 11) is 0. The lowest BCUT2D eigenvalue weighted by atomic mass is 10.1. The third kappa shape index (κ3) is 6.35. The summed E-state index contributed by atoms with van der Waals surface area (Å²) >= 11 is 0. The molecule has 3 aromatic rings. The van der Waals surface area contributed by atoms with Gasteiger partial charge in [0.1, 0.15) is 11.2 Å². The Bertz CT molecular complexity index is 1340. The average Bonchev–Trinajstić information content (AvgIpc) is 3.17. The molecule has 0 bridgehead atoms. The lowest BCUT2D eigenvalue weighted by molar-refractivity contribution is -0.141. The molecular formula is C24H25F3N4O6. The molecule has 0 atom stereocenters. The number of aromatic carboxylic acids is 1. The van der Waals surface area contributed by atoms with Crippen molar-refractivity contribution in [2.45, 2.75) is 58.9 Å². The van der Waals surface area contributed by atoms with Crippen LogP contribution in [0.15, 0.2) is 36.5 Å². The highest BCUT2D eigenvalue weighted by Crippen LogP contribution is 2.32. The number of ether oxygens (including phenoxy) is 2. The second kappa shape index (κ2) is 9.37. The Labute approximate surface area is 209 Å². The van der Waals surface area contributed by atoms with Crippen LogP contribution in [0.2, 0.25) is 0 Å². The molecule has 13 heteroatoms. The zero-order valence-electron chi connectivity index (χ0n) is 20.9. The molecule has 0 unspecified atom stereocenters. The van der Waals surface area contributed by atoms with Gasteiger partial charge in [-0.2, -0.15) is 23.2 Å². The number of rotatable bonds is 3. The van der Waals surface area contributed by atoms with Crippen LogP contribution in [0.25, 0.3) is 16.5 Å². The van der Waals surface area contributed by atoms with Gasteiger partial charge >= 0.3 is 24.3 Å². The summed E-state index contributed by atoms with van der Waals surface area (Å²) in [5.74, 6) is -1.87. The standard InChI is InChI=1S/C24H25F3N4O6/c1-22(2,3)36-20(34)30(21(35)37-23(4,5)6)18-15-11-14(8-7-13(15)9-10-28-18)31-16(19(32)33)12-17(29-31)24(25,26)27/h7-12H,1-6H3,(H,32,33). The average molecular weight is 522 g/mol. The number of carbonyl (C=O) groups is 3. The lowest BCUT2D eigenvalue weighted by Gasteiger charge is -2.28. The Kier molecular flexibility index (Phi) is 6.95. The minimum absolute atomic E-state index is 0.0806. The summed E-state index contributed by atoms with van der Waals surface area (Å²) in [6.45, 7) is 9.56. The molecule has 2 amide bonds. The molecular weight excluding hydrogens is 497 g/mol. The van der Waals surface area contributed by atoms with E-state index in [-0.39, 0.29) is 16.9 Å². The largest absolute Gasteiger partial charge is 0.477 e. The van der Waals surface area contributed by atoms with Crippen molar-refractivity contribution in [3.63, 3.8) is 0 Å². The Hall–Kier alpha value is -4.16. The van der Waals surface area contributed by atoms with Gasteiger partial charge < -0.3 is 14.6 Å². The number of nitrogens with zero attached hydrogens (tertiary/aromatic N) is 4. The molecule has 1 aromatic carbocycles. The highest BCUT2D eigenvalue weighted by Gasteiger charge is 2.37. The Morgan fingerprint density at radius 3 is 1.97 bits per heavy atom. The number of imide groups is 1. The molecule has 3 rings (SSSR count). The van der Waals surface area contributed by atoms with Gasteiger partial charge in [0.05, 0.1) is 5.69 Å². The van der Waals surface area contributed by atoms with Crippen molar-refractivity contribution < 1.29 is 42.1 Å². The van der Waals surface area contributed by atoms with Gasteiger partial charge in [-0.1, -0.05) is 6.07 Å². The van der Waals surface area contributed by atoms with E-state index in [0.717, 1.165) is 0 Å². The highest BCUT2D eigenvalue weighted by atomic mass is 19.4. The topological polar surface area (TPSA) is 124 Å². The van der Waals surface area contributed by atoms with Crippen LogP contribution in [-0.4, -0.2) is 49.2 Å². The van der Waals surface area contributed by atoms with Gasteiger partial charge in [0, 0.05) is 17.6 Å². The zero-order valence-corrected chi connectivity index (χ0v) is 20.9. The minimum Gasteiger partial charge on any atom is -0.477 e. The number of benzene rings is 1. The van der Waals surface area contributed by atoms with Crippen molar-refractivity contribution in [1.82, 2.24) is 14.8 Å². The number of fused-ring (bicyclic) bond motifs is 1. The first-order valence-electron chi connectivity index (χ1n) is 10.9. The molecule has 2 heterocycles. The maximum Gasteiger partial charge on any atom is 0.435 e. The molecule has 1 N–H and O–H groups in total. The molecule has 10 nitrogen and oxygen atoms in total. The van der Waals surface area contributed by atoms with E-state index in [0.29, 0.717) is 21.0 Å². The van der Waals surface area contributed by atoms with E-state index in [4.69, 9.17) is 9.47 Å². The first-order valence-corrected chi connectivity index (χ1v) is 10.9. The second-order valence-corrected chi connectivity index (χ2v) is 9.97. The number of anilines is 1. The third-order valence-corrected chi connectivity index (χ3v) is 4.56. The van der Waals surface area contributed by atoms with Crippen molar-refractivity contribution in [2.24, 2.45) is 0 Å². The maximum atomic E-state index is 13.2. The van der Waals surface area contributed by atoms with Gasteiger partial charge in [0.25, 0.3) is 0 Å². The van der Waals surface area contributed by atoms with Gasteiger partial charge in [-0.3, -0.25) is 0 Å². The van der Waals surface area contributed by atoms with Crippen LogP contribution in [0.4, 0.5) is 28.6 Å². The minimum atomic E-state index is -4.89. The van der Waals surface area contributed by atoms with E-state index in [1.54, 1.807) is 41.5 Å². The number of halogens is 3. The molecule has 2 aromatic heterocycles. The number of carboxylic acids is 1. The van der Waals surface area contributed by atoms with E-state index < -0.39 is 46.9 Å². The van der Waals surface area contributed by atoms with Crippen molar-refractivity contribution in [3.05, 3.63) is 47.9 Å². The number of hydrogen-bond donors (Lipinski definition) is 1. The normalized spacial score (nSPS) is 12.4. The van der Waals surface area contributed by atoms with Gasteiger partial charge in [-0.15, -0.1) is 0 Å². The van der Waals surface area contributed by atoms with Gasteiger partial charge in [-0.25, -0.2) is 24.0 Å². The fourth-order valence-corrected chi connectivity index (χ4v) is 3.18. The molecule has 198 valence electrons. The van der Waals surface area contributed by atoms with E-state index in [2.05, 4.69) is 10.1 Å². The van der Waals surface area contributed by atoms with Crippen molar-refractivity contribution >= 4 is 34.7 Å². The monoisotopic (exact) mass is 522 g/mol. The van der Waals surface area contributed by atoms with E-state index >= 15 is 0 Å². The molecule has 0 saturated heterocycles. The number of pyridine rings is 1. The predicted molar refractivity (Wildman–Crippen MR) is 126 cm³/mol. The van der Waals surface area contributed by atoms with E-state index in [1.165, 1.54) is 30.5 Å². The molecule has 0 saturated carbocycles. The molecule has 0 aliphatic heterocycles. The Morgan fingerprint density at radius 2 is 1.49 bits per heavy atom. The summed E-state index contributed by atoms with van der Waals surface area (Å²) in [4.78, 5) is 42.5. The molecule has 0 aliphatic rings. The molecule has 37 heavy (non-hydrogen) atoms. The Balaban J connectivity index is 2.24. The summed E-state index contributed by atoms with van der Waals surface area (Å²) in [5, 5.41) is 13.4. The van der Waals surface area contributed by atoms with Crippen LogP contribution in [0.1, 0.15) is 57.7 Å². The number of alkyl halides is 3. The second-order valence-electron chi connectivity index (χ2n) is 9.97. The predicted octanol–water partition coefficient (Wildman–Crippen LogP) is 5.81. The van der Waals surface area contributed by atoms with Crippen molar-refractivity contribution in [1.29, 1.82) is 0 Å². The van der Waals surface area contributed by atoms with Crippen LogP contribution in [-0.2, 0) is 15.7 Å². The highest BCUT2D eigenvalue weighted by molar-refractivity contribution is 6.14. The lowest BCUT2D eigenvalue weighted by Crippen LogP contribution is -2.44. The molecule has 0 fully saturated rings. The number of amides is 2.